The number of benzene rings is 1. The Morgan fingerprint density at radius 3 is 2.50 bits per heavy atom. The minimum absolute atomic E-state index is 0.155. The number of rotatable bonds is 6. The van der Waals surface area contributed by atoms with Crippen molar-refractivity contribution < 1.29 is 18.7 Å². The molecule has 0 fully saturated rings. The van der Waals surface area contributed by atoms with Crippen molar-refractivity contribution in [3.05, 3.63) is 92.9 Å². The number of aryl methyl sites for hydroxylation is 1. The van der Waals surface area contributed by atoms with Crippen molar-refractivity contribution in [2.45, 2.75) is 20.4 Å². The highest BCUT2D eigenvalue weighted by Crippen LogP contribution is 2.18. The number of carbonyl (C=O) groups excluding carboxylic acids is 2. The van der Waals surface area contributed by atoms with Gasteiger partial charge in [0, 0.05) is 29.7 Å². The third-order valence-electron chi connectivity index (χ3n) is 4.50. The van der Waals surface area contributed by atoms with E-state index in [2.05, 4.69) is 4.98 Å². The van der Waals surface area contributed by atoms with Crippen molar-refractivity contribution in [1.29, 1.82) is 0 Å². The van der Waals surface area contributed by atoms with Gasteiger partial charge in [-0.1, -0.05) is 12.1 Å². The van der Waals surface area contributed by atoms with E-state index < -0.39 is 18.1 Å². The summed E-state index contributed by atoms with van der Waals surface area (Å²) in [4.78, 5) is 38.5. The molecule has 0 bridgehead atoms. The lowest BCUT2D eigenvalue weighted by Gasteiger charge is -2.10. The number of H-pyrrole nitrogens is 1. The largest absolute Gasteiger partial charge is 0.454 e. The summed E-state index contributed by atoms with van der Waals surface area (Å²) in [6.45, 7) is 3.69. The zero-order valence-electron chi connectivity index (χ0n) is 15.5. The number of nitrogens with zero attached hydrogens (tertiary/aromatic N) is 1. The van der Waals surface area contributed by atoms with E-state index in [4.69, 9.17) is 4.74 Å². The van der Waals surface area contributed by atoms with Crippen molar-refractivity contribution in [3.63, 3.8) is 0 Å². The SMILES string of the molecule is Cc1cc(C(=O)COC(=O)c2ccc[nH]c2=O)c(C)n1Cc1ccc(F)cc1. The summed E-state index contributed by atoms with van der Waals surface area (Å²) in [5.41, 5.74) is 2.19. The van der Waals surface area contributed by atoms with Crippen LogP contribution in [0.2, 0.25) is 0 Å². The Balaban J connectivity index is 1.72. The summed E-state index contributed by atoms with van der Waals surface area (Å²) in [5, 5.41) is 0. The number of ketones is 1. The van der Waals surface area contributed by atoms with Crippen LogP contribution in [0.25, 0.3) is 0 Å². The fraction of sp³-hybridized carbons (Fsp3) is 0.190. The average Bonchev–Trinajstić information content (AvgIpc) is 2.96. The molecule has 0 saturated heterocycles. The molecule has 0 unspecified atom stereocenters. The predicted molar refractivity (Wildman–Crippen MR) is 101 cm³/mol. The Hall–Kier alpha value is -3.48. The van der Waals surface area contributed by atoms with Gasteiger partial charge >= 0.3 is 5.97 Å². The Morgan fingerprint density at radius 2 is 1.82 bits per heavy atom. The van der Waals surface area contributed by atoms with Gasteiger partial charge in [0.25, 0.3) is 5.56 Å². The lowest BCUT2D eigenvalue weighted by Crippen LogP contribution is -2.21. The highest BCUT2D eigenvalue weighted by molar-refractivity contribution is 6.00. The molecule has 0 aliphatic rings. The molecule has 3 rings (SSSR count). The van der Waals surface area contributed by atoms with E-state index in [1.165, 1.54) is 30.5 Å². The van der Waals surface area contributed by atoms with E-state index >= 15 is 0 Å². The van der Waals surface area contributed by atoms with Crippen molar-refractivity contribution >= 4 is 11.8 Å². The Morgan fingerprint density at radius 1 is 1.11 bits per heavy atom. The summed E-state index contributed by atoms with van der Waals surface area (Å²) in [5.74, 6) is -1.52. The first-order valence-corrected chi connectivity index (χ1v) is 8.66. The molecule has 2 heterocycles. The molecule has 2 aromatic heterocycles. The summed E-state index contributed by atoms with van der Waals surface area (Å²) < 4.78 is 20.0. The van der Waals surface area contributed by atoms with Gasteiger partial charge in [-0.15, -0.1) is 0 Å². The standard InChI is InChI=1S/C21H19FN2O4/c1-13-10-18(14(2)24(13)11-15-5-7-16(22)8-6-15)19(25)12-28-21(27)17-4-3-9-23-20(17)26/h3-10H,11-12H2,1-2H3,(H,23,26). The van der Waals surface area contributed by atoms with Crippen LogP contribution in [-0.2, 0) is 11.3 Å². The van der Waals surface area contributed by atoms with Crippen LogP contribution in [0, 0.1) is 19.7 Å². The quantitative estimate of drug-likeness (QED) is 0.525. The molecule has 0 amide bonds. The zero-order valence-corrected chi connectivity index (χ0v) is 15.5. The molecule has 144 valence electrons. The number of Topliss-reactive ketones (excluding diaryl/α,β-unsaturated/α-hetero) is 1. The highest BCUT2D eigenvalue weighted by atomic mass is 19.1. The maximum atomic E-state index is 13.1. The van der Waals surface area contributed by atoms with Crippen LogP contribution in [0.15, 0.2) is 53.5 Å². The Bertz CT molecular complexity index is 1080. The van der Waals surface area contributed by atoms with Gasteiger partial charge in [-0.2, -0.15) is 0 Å². The smallest absolute Gasteiger partial charge is 0.344 e. The Labute approximate surface area is 160 Å². The molecular formula is C21H19FN2O4. The first-order chi connectivity index (χ1) is 13.4. The van der Waals surface area contributed by atoms with Crippen molar-refractivity contribution in [2.24, 2.45) is 0 Å². The molecule has 0 atom stereocenters. The van der Waals surface area contributed by atoms with E-state index in [1.54, 1.807) is 25.1 Å². The molecule has 1 aromatic carbocycles. The third kappa shape index (κ3) is 4.09. The number of aromatic nitrogens is 2. The number of esters is 1. The monoisotopic (exact) mass is 382 g/mol. The number of nitrogens with one attached hydrogen (secondary N) is 1. The van der Waals surface area contributed by atoms with Gasteiger partial charge < -0.3 is 14.3 Å². The lowest BCUT2D eigenvalue weighted by atomic mass is 10.1. The molecular weight excluding hydrogens is 363 g/mol. The molecule has 6 nitrogen and oxygen atoms in total. The van der Waals surface area contributed by atoms with Gasteiger partial charge in [-0.3, -0.25) is 9.59 Å². The molecule has 0 aliphatic heterocycles. The number of hydrogen-bond donors (Lipinski definition) is 1. The van der Waals surface area contributed by atoms with Crippen LogP contribution in [0.4, 0.5) is 4.39 Å². The molecule has 7 heteroatoms. The van der Waals surface area contributed by atoms with Crippen molar-refractivity contribution in [2.75, 3.05) is 6.61 Å². The first kappa shape index (κ1) is 19.3. The number of hydrogen-bond acceptors (Lipinski definition) is 4. The molecule has 0 radical (unpaired) electrons. The van der Waals surface area contributed by atoms with Gasteiger partial charge in [-0.05, 0) is 49.7 Å². The summed E-state index contributed by atoms with van der Waals surface area (Å²) in [6, 6.07) is 10.7. The van der Waals surface area contributed by atoms with Crippen molar-refractivity contribution in [1.82, 2.24) is 9.55 Å². The Kier molecular flexibility index (Phi) is 5.54. The fourth-order valence-electron chi connectivity index (χ4n) is 2.97. The van der Waals surface area contributed by atoms with Gasteiger partial charge in [0.1, 0.15) is 11.4 Å². The van der Waals surface area contributed by atoms with Crippen LogP contribution in [0.1, 0.15) is 37.7 Å². The summed E-state index contributed by atoms with van der Waals surface area (Å²) in [6.07, 6.45) is 1.40. The minimum atomic E-state index is -0.852. The number of pyridine rings is 1. The van der Waals surface area contributed by atoms with Crippen LogP contribution >= 0.6 is 0 Å². The summed E-state index contributed by atoms with van der Waals surface area (Å²) in [7, 11) is 0. The molecule has 0 spiro atoms. The van der Waals surface area contributed by atoms with Crippen LogP contribution in [0.5, 0.6) is 0 Å². The lowest BCUT2D eigenvalue weighted by molar-refractivity contribution is 0.0472. The molecule has 28 heavy (non-hydrogen) atoms. The van der Waals surface area contributed by atoms with E-state index in [1.807, 2.05) is 11.5 Å². The topological polar surface area (TPSA) is 81.2 Å². The molecule has 0 saturated carbocycles. The van der Waals surface area contributed by atoms with E-state index in [0.29, 0.717) is 12.1 Å². The predicted octanol–water partition coefficient (Wildman–Crippen LogP) is 3.02. The number of aromatic amines is 1. The molecule has 0 aliphatic carbocycles. The second-order valence-electron chi connectivity index (χ2n) is 6.41. The van der Waals surface area contributed by atoms with Gasteiger partial charge in [0.2, 0.25) is 5.78 Å². The van der Waals surface area contributed by atoms with E-state index in [0.717, 1.165) is 17.0 Å². The second-order valence-corrected chi connectivity index (χ2v) is 6.41. The van der Waals surface area contributed by atoms with Gasteiger partial charge in [0.05, 0.1) is 0 Å². The number of halogens is 1. The molecule has 3 aromatic rings. The average molecular weight is 382 g/mol. The maximum Gasteiger partial charge on any atom is 0.344 e. The number of carbonyl (C=O) groups is 2. The zero-order chi connectivity index (χ0) is 20.3. The van der Waals surface area contributed by atoms with Gasteiger partial charge in [0.15, 0.2) is 6.61 Å². The van der Waals surface area contributed by atoms with Crippen LogP contribution < -0.4 is 5.56 Å². The van der Waals surface area contributed by atoms with E-state index in [9.17, 15) is 18.8 Å². The first-order valence-electron chi connectivity index (χ1n) is 8.66. The minimum Gasteiger partial charge on any atom is -0.454 e. The highest BCUT2D eigenvalue weighted by Gasteiger charge is 2.19. The third-order valence-corrected chi connectivity index (χ3v) is 4.50. The number of ether oxygens (including phenoxy) is 1. The van der Waals surface area contributed by atoms with Gasteiger partial charge in [-0.25, -0.2) is 9.18 Å². The second kappa shape index (κ2) is 8.04. The summed E-state index contributed by atoms with van der Waals surface area (Å²) >= 11 is 0. The van der Waals surface area contributed by atoms with Crippen LogP contribution in [-0.4, -0.2) is 27.9 Å². The normalized spacial score (nSPS) is 10.7. The molecule has 1 N–H and O–H groups in total. The van der Waals surface area contributed by atoms with E-state index in [-0.39, 0.29) is 17.2 Å². The van der Waals surface area contributed by atoms with Crippen LogP contribution in [0.3, 0.4) is 0 Å². The fourth-order valence-corrected chi connectivity index (χ4v) is 2.97. The van der Waals surface area contributed by atoms with Crippen molar-refractivity contribution in [3.8, 4) is 0 Å². The maximum absolute atomic E-state index is 13.1.